The van der Waals surface area contributed by atoms with Gasteiger partial charge in [0.05, 0.1) is 5.60 Å². The van der Waals surface area contributed by atoms with Gasteiger partial charge in [0.15, 0.2) is 0 Å². The highest BCUT2D eigenvalue weighted by atomic mass is 16.6. The third kappa shape index (κ3) is 3.46. The summed E-state index contributed by atoms with van der Waals surface area (Å²) in [5.74, 6) is 0. The molecule has 0 aromatic rings. The van der Waals surface area contributed by atoms with E-state index in [1.165, 1.54) is 6.42 Å². The lowest BCUT2D eigenvalue weighted by molar-refractivity contribution is -0.139. The molecule has 0 aromatic heterocycles. The monoisotopic (exact) mass is 283 g/mol. The molecule has 2 heterocycles. The summed E-state index contributed by atoms with van der Waals surface area (Å²) >= 11 is 0. The van der Waals surface area contributed by atoms with Crippen LogP contribution in [0.5, 0.6) is 0 Å². The molecule has 20 heavy (non-hydrogen) atoms. The standard InChI is InChI=1S/C16H29NO3/c1-14(2,3)20-13(18)17-10-9-16(12-15(17,4)5)8-6-7-11-19-16/h6-12H2,1-5H3. The largest absolute Gasteiger partial charge is 0.444 e. The summed E-state index contributed by atoms with van der Waals surface area (Å²) in [7, 11) is 0. The van der Waals surface area contributed by atoms with Crippen molar-refractivity contribution in [2.45, 2.75) is 83.5 Å². The number of piperidine rings is 1. The van der Waals surface area contributed by atoms with Gasteiger partial charge < -0.3 is 14.4 Å². The Hall–Kier alpha value is -0.770. The van der Waals surface area contributed by atoms with Crippen LogP contribution in [-0.4, -0.2) is 40.9 Å². The second kappa shape index (κ2) is 5.21. The maximum atomic E-state index is 12.4. The van der Waals surface area contributed by atoms with Crippen molar-refractivity contribution in [3.05, 3.63) is 0 Å². The SMILES string of the molecule is CC(C)(C)OC(=O)N1CCC2(CCCCO2)CC1(C)C. The van der Waals surface area contributed by atoms with Gasteiger partial charge >= 0.3 is 6.09 Å². The molecule has 0 aromatic carbocycles. The minimum absolute atomic E-state index is 0.0136. The molecule has 4 nitrogen and oxygen atoms in total. The van der Waals surface area contributed by atoms with Crippen LogP contribution in [0.2, 0.25) is 0 Å². The summed E-state index contributed by atoms with van der Waals surface area (Å²) in [6.07, 6.45) is 5.15. The van der Waals surface area contributed by atoms with E-state index >= 15 is 0 Å². The molecular formula is C16H29NO3. The van der Waals surface area contributed by atoms with Crippen molar-refractivity contribution in [2.24, 2.45) is 0 Å². The fourth-order valence-electron chi connectivity index (χ4n) is 3.49. The lowest BCUT2D eigenvalue weighted by atomic mass is 9.75. The van der Waals surface area contributed by atoms with Gasteiger partial charge in [0.1, 0.15) is 5.60 Å². The van der Waals surface area contributed by atoms with Gasteiger partial charge in [-0.2, -0.15) is 0 Å². The van der Waals surface area contributed by atoms with Crippen LogP contribution in [0.3, 0.4) is 0 Å². The first-order valence-corrected chi connectivity index (χ1v) is 7.78. The summed E-state index contributed by atoms with van der Waals surface area (Å²) in [6.45, 7) is 11.6. The lowest BCUT2D eigenvalue weighted by Crippen LogP contribution is -2.60. The lowest BCUT2D eigenvalue weighted by Gasteiger charge is -2.52. The number of carbonyl (C=O) groups excluding carboxylic acids is 1. The summed E-state index contributed by atoms with van der Waals surface area (Å²) < 4.78 is 11.6. The highest BCUT2D eigenvalue weighted by molar-refractivity contribution is 5.69. The summed E-state index contributed by atoms with van der Waals surface area (Å²) in [5, 5.41) is 0. The Kier molecular flexibility index (Phi) is 4.07. The average Bonchev–Trinajstić information content (AvgIpc) is 2.25. The minimum Gasteiger partial charge on any atom is -0.444 e. The van der Waals surface area contributed by atoms with E-state index in [1.54, 1.807) is 0 Å². The minimum atomic E-state index is -0.441. The molecule has 0 bridgehead atoms. The first kappa shape index (κ1) is 15.6. The Balaban J connectivity index is 2.06. The van der Waals surface area contributed by atoms with Gasteiger partial charge in [-0.1, -0.05) is 0 Å². The third-order valence-corrected chi connectivity index (χ3v) is 4.33. The van der Waals surface area contributed by atoms with Crippen LogP contribution in [-0.2, 0) is 9.47 Å². The second-order valence-corrected chi connectivity index (χ2v) is 7.86. The number of ether oxygens (including phenoxy) is 2. The van der Waals surface area contributed by atoms with E-state index in [-0.39, 0.29) is 17.2 Å². The summed E-state index contributed by atoms with van der Waals surface area (Å²) in [4.78, 5) is 14.2. The maximum Gasteiger partial charge on any atom is 0.410 e. The topological polar surface area (TPSA) is 38.8 Å². The number of nitrogens with zero attached hydrogens (tertiary/aromatic N) is 1. The molecule has 116 valence electrons. The van der Waals surface area contributed by atoms with Crippen molar-refractivity contribution in [1.82, 2.24) is 4.90 Å². The molecule has 2 fully saturated rings. The third-order valence-electron chi connectivity index (χ3n) is 4.33. The number of likely N-dealkylation sites (tertiary alicyclic amines) is 1. The van der Waals surface area contributed by atoms with Crippen LogP contribution in [0.25, 0.3) is 0 Å². The van der Waals surface area contributed by atoms with Crippen LogP contribution in [0, 0.1) is 0 Å². The smallest absolute Gasteiger partial charge is 0.410 e. The average molecular weight is 283 g/mol. The number of hydrogen-bond donors (Lipinski definition) is 0. The summed E-state index contributed by atoms with van der Waals surface area (Å²) in [5.41, 5.74) is -0.665. The van der Waals surface area contributed by atoms with Crippen LogP contribution >= 0.6 is 0 Å². The molecule has 0 saturated carbocycles. The fraction of sp³-hybridized carbons (Fsp3) is 0.938. The fourth-order valence-corrected chi connectivity index (χ4v) is 3.49. The molecule has 2 aliphatic heterocycles. The Morgan fingerprint density at radius 3 is 2.40 bits per heavy atom. The van der Waals surface area contributed by atoms with Crippen molar-refractivity contribution in [1.29, 1.82) is 0 Å². The highest BCUT2D eigenvalue weighted by Crippen LogP contribution is 2.42. The molecule has 2 saturated heterocycles. The molecule has 2 aliphatic rings. The van der Waals surface area contributed by atoms with Crippen molar-refractivity contribution < 1.29 is 14.3 Å². The Morgan fingerprint density at radius 1 is 1.20 bits per heavy atom. The highest BCUT2D eigenvalue weighted by Gasteiger charge is 2.48. The zero-order chi connectivity index (χ0) is 15.0. The first-order chi connectivity index (χ1) is 9.14. The Bertz CT molecular complexity index is 364. The maximum absolute atomic E-state index is 12.4. The quantitative estimate of drug-likeness (QED) is 0.680. The van der Waals surface area contributed by atoms with E-state index in [1.807, 2.05) is 25.7 Å². The van der Waals surface area contributed by atoms with Gasteiger partial charge in [0.25, 0.3) is 0 Å². The van der Waals surface area contributed by atoms with Gasteiger partial charge in [-0.05, 0) is 66.7 Å². The number of rotatable bonds is 0. The molecule has 1 atom stereocenters. The molecule has 4 heteroatoms. The predicted molar refractivity (Wildman–Crippen MR) is 78.8 cm³/mol. The van der Waals surface area contributed by atoms with Crippen molar-refractivity contribution in [2.75, 3.05) is 13.2 Å². The Morgan fingerprint density at radius 2 is 1.90 bits per heavy atom. The molecule has 1 amide bonds. The van der Waals surface area contributed by atoms with Gasteiger partial charge in [-0.15, -0.1) is 0 Å². The first-order valence-electron chi connectivity index (χ1n) is 7.78. The van der Waals surface area contributed by atoms with Gasteiger partial charge in [-0.25, -0.2) is 4.79 Å². The molecule has 1 unspecified atom stereocenters. The van der Waals surface area contributed by atoms with E-state index in [0.29, 0.717) is 0 Å². The van der Waals surface area contributed by atoms with Crippen LogP contribution in [0.4, 0.5) is 4.79 Å². The molecular weight excluding hydrogens is 254 g/mol. The molecule has 0 radical (unpaired) electrons. The molecule has 1 spiro atoms. The Labute approximate surface area is 122 Å². The normalized spacial score (nSPS) is 30.4. The number of amides is 1. The van der Waals surface area contributed by atoms with Crippen molar-refractivity contribution in [3.63, 3.8) is 0 Å². The summed E-state index contributed by atoms with van der Waals surface area (Å²) in [6, 6.07) is 0. The van der Waals surface area contributed by atoms with E-state index in [4.69, 9.17) is 9.47 Å². The van der Waals surface area contributed by atoms with Crippen LogP contribution in [0.15, 0.2) is 0 Å². The zero-order valence-electron chi connectivity index (χ0n) is 13.6. The van der Waals surface area contributed by atoms with Crippen LogP contribution < -0.4 is 0 Å². The van der Waals surface area contributed by atoms with Crippen molar-refractivity contribution >= 4 is 6.09 Å². The van der Waals surface area contributed by atoms with E-state index in [0.717, 1.165) is 38.8 Å². The van der Waals surface area contributed by atoms with Crippen molar-refractivity contribution in [3.8, 4) is 0 Å². The second-order valence-electron chi connectivity index (χ2n) is 7.86. The zero-order valence-corrected chi connectivity index (χ0v) is 13.6. The van der Waals surface area contributed by atoms with E-state index in [9.17, 15) is 4.79 Å². The number of hydrogen-bond acceptors (Lipinski definition) is 3. The molecule has 0 N–H and O–H groups in total. The van der Waals surface area contributed by atoms with Crippen LogP contribution in [0.1, 0.15) is 66.7 Å². The van der Waals surface area contributed by atoms with Gasteiger partial charge in [-0.3, -0.25) is 0 Å². The molecule has 2 rings (SSSR count). The molecule has 0 aliphatic carbocycles. The van der Waals surface area contributed by atoms with Gasteiger partial charge in [0, 0.05) is 18.7 Å². The van der Waals surface area contributed by atoms with Gasteiger partial charge in [0.2, 0.25) is 0 Å². The van der Waals surface area contributed by atoms with E-state index in [2.05, 4.69) is 13.8 Å². The predicted octanol–water partition coefficient (Wildman–Crippen LogP) is 3.74. The number of carbonyl (C=O) groups is 1. The van der Waals surface area contributed by atoms with E-state index < -0.39 is 5.60 Å².